The second-order valence-electron chi connectivity index (χ2n) is 5.95. The van der Waals surface area contributed by atoms with E-state index in [2.05, 4.69) is 9.97 Å². The van der Waals surface area contributed by atoms with Crippen molar-refractivity contribution in [3.63, 3.8) is 0 Å². The third-order valence-electron chi connectivity index (χ3n) is 2.79. The molecular weight excluding hydrogens is 329 g/mol. The Labute approximate surface area is 159 Å². The van der Waals surface area contributed by atoms with Crippen molar-refractivity contribution in [1.82, 2.24) is 14.9 Å². The first-order valence-corrected chi connectivity index (χ1v) is 7.75. The van der Waals surface area contributed by atoms with Gasteiger partial charge in [-0.2, -0.15) is 0 Å². The van der Waals surface area contributed by atoms with Crippen molar-refractivity contribution in [2.45, 2.75) is 37.9 Å². The molecule has 0 spiro atoms. The number of fused-ring (bicyclic) bond motifs is 1. The summed E-state index contributed by atoms with van der Waals surface area (Å²) in [6.07, 6.45) is -0.430. The molecule has 0 aliphatic heterocycles. The molecule has 0 radical (unpaired) electrons. The Balaban J connectivity index is 0.00000264. The molecule has 1 atom stereocenters. The number of carbonyl (C=O) groups is 1. The first-order chi connectivity index (χ1) is 10.2. The zero-order valence-corrected chi connectivity index (χ0v) is 16.7. The van der Waals surface area contributed by atoms with Crippen LogP contribution in [0.4, 0.5) is 4.79 Å². The number of rotatable bonds is 3. The molecule has 2 rings (SSSR count). The molecule has 0 aromatic carbocycles. The van der Waals surface area contributed by atoms with E-state index in [0.717, 1.165) is 5.69 Å². The minimum absolute atomic E-state index is 0. The number of nitrogens with zero attached hydrogens (tertiary/aromatic N) is 2. The number of hydrogen-bond acceptors (Lipinski definition) is 5. The maximum atomic E-state index is 11.9. The van der Waals surface area contributed by atoms with Crippen molar-refractivity contribution in [2.75, 3.05) is 7.05 Å². The summed E-state index contributed by atoms with van der Waals surface area (Å²) in [6.45, 7) is 5.71. The number of ether oxygens (including phenoxy) is 1. The summed E-state index contributed by atoms with van der Waals surface area (Å²) >= 11 is -2.36. The van der Waals surface area contributed by atoms with Gasteiger partial charge in [-0.25, -0.2) is 9.78 Å². The quantitative estimate of drug-likeness (QED) is 0.577. The molecule has 0 bridgehead atoms. The van der Waals surface area contributed by atoms with Gasteiger partial charge in [-0.05, 0) is 50.1 Å². The van der Waals surface area contributed by atoms with Crippen molar-refractivity contribution < 1.29 is 47.9 Å². The van der Waals surface area contributed by atoms with Crippen LogP contribution in [0, 0.1) is 0 Å². The molecular formula is C14H18N3NaO4S. The second kappa shape index (κ2) is 7.76. The summed E-state index contributed by atoms with van der Waals surface area (Å²) < 4.78 is 27.1. The zero-order valence-electron chi connectivity index (χ0n) is 13.9. The van der Waals surface area contributed by atoms with Crippen LogP contribution in [0.2, 0.25) is 0 Å². The maximum Gasteiger partial charge on any atom is 1.00 e. The summed E-state index contributed by atoms with van der Waals surface area (Å²) in [4.78, 5) is 20.5. The predicted octanol–water partition coefficient (Wildman–Crippen LogP) is -0.828. The van der Waals surface area contributed by atoms with Gasteiger partial charge in [0.15, 0.2) is 0 Å². The van der Waals surface area contributed by atoms with Gasteiger partial charge in [0.2, 0.25) is 0 Å². The topological polar surface area (TPSA) is 98.4 Å². The molecule has 1 N–H and O–H groups in total. The zero-order chi connectivity index (χ0) is 16.5. The first kappa shape index (κ1) is 20.1. The third kappa shape index (κ3) is 5.58. The van der Waals surface area contributed by atoms with Crippen LogP contribution in [-0.2, 0) is 22.4 Å². The molecule has 2 heterocycles. The van der Waals surface area contributed by atoms with E-state index < -0.39 is 22.8 Å². The van der Waals surface area contributed by atoms with Crippen LogP contribution in [0.25, 0.3) is 11.0 Å². The fraction of sp³-hybridized carbons (Fsp3) is 0.429. The van der Waals surface area contributed by atoms with E-state index in [-0.39, 0.29) is 34.6 Å². The van der Waals surface area contributed by atoms with Gasteiger partial charge in [-0.3, -0.25) is 4.21 Å². The number of aromatic amines is 1. The van der Waals surface area contributed by atoms with E-state index in [9.17, 15) is 13.6 Å². The SMILES string of the molecule is CN(Cc1cc2nc(S(=O)[O-])ccc2[nH]1)C(=O)OC(C)(C)C.[Na+]. The summed E-state index contributed by atoms with van der Waals surface area (Å²) in [7, 11) is 1.63. The molecule has 0 saturated carbocycles. The van der Waals surface area contributed by atoms with E-state index in [1.54, 1.807) is 40.0 Å². The molecule has 1 unspecified atom stereocenters. The number of amides is 1. The molecule has 23 heavy (non-hydrogen) atoms. The van der Waals surface area contributed by atoms with Gasteiger partial charge in [-0.15, -0.1) is 0 Å². The van der Waals surface area contributed by atoms with Crippen LogP contribution in [-0.4, -0.2) is 42.4 Å². The number of hydrogen-bond donors (Lipinski definition) is 1. The smallest absolute Gasteiger partial charge is 0.767 e. The van der Waals surface area contributed by atoms with Crippen molar-refractivity contribution in [3.05, 3.63) is 23.9 Å². The van der Waals surface area contributed by atoms with E-state index >= 15 is 0 Å². The van der Waals surface area contributed by atoms with Crippen LogP contribution >= 0.6 is 0 Å². The minimum atomic E-state index is -2.36. The molecule has 0 aliphatic carbocycles. The number of nitrogens with one attached hydrogen (secondary N) is 1. The van der Waals surface area contributed by atoms with Crippen molar-refractivity contribution in [3.8, 4) is 0 Å². The van der Waals surface area contributed by atoms with Gasteiger partial charge >= 0.3 is 35.7 Å². The molecule has 2 aromatic heterocycles. The van der Waals surface area contributed by atoms with Crippen LogP contribution in [0.5, 0.6) is 0 Å². The van der Waals surface area contributed by atoms with E-state index in [1.807, 2.05) is 0 Å². The number of aromatic nitrogens is 2. The Bertz CT molecular complexity index is 726. The second-order valence-corrected chi connectivity index (χ2v) is 6.84. The van der Waals surface area contributed by atoms with Crippen LogP contribution in [0.15, 0.2) is 23.2 Å². The van der Waals surface area contributed by atoms with Crippen molar-refractivity contribution >= 4 is 28.2 Å². The molecule has 9 heteroatoms. The molecule has 7 nitrogen and oxygen atoms in total. The van der Waals surface area contributed by atoms with Crippen LogP contribution in [0.3, 0.4) is 0 Å². The first-order valence-electron chi connectivity index (χ1n) is 6.68. The average Bonchev–Trinajstić information content (AvgIpc) is 2.77. The van der Waals surface area contributed by atoms with Gasteiger partial charge in [0, 0.05) is 12.7 Å². The molecule has 2 aromatic rings. The summed E-state index contributed by atoms with van der Waals surface area (Å²) in [6, 6.07) is 4.78. The van der Waals surface area contributed by atoms with Gasteiger partial charge in [-0.1, -0.05) is 0 Å². The number of pyridine rings is 1. The monoisotopic (exact) mass is 347 g/mol. The largest absolute Gasteiger partial charge is 1.00 e. The molecule has 0 saturated heterocycles. The fourth-order valence-electron chi connectivity index (χ4n) is 1.88. The van der Waals surface area contributed by atoms with Gasteiger partial charge in [0.05, 0.1) is 17.6 Å². The maximum absolute atomic E-state index is 11.9. The summed E-state index contributed by atoms with van der Waals surface area (Å²) in [5.41, 5.74) is 1.43. The van der Waals surface area contributed by atoms with Gasteiger partial charge < -0.3 is 19.2 Å². The summed E-state index contributed by atoms with van der Waals surface area (Å²) in [5.74, 6) is 0. The number of H-pyrrole nitrogens is 1. The molecule has 120 valence electrons. The molecule has 0 aliphatic rings. The van der Waals surface area contributed by atoms with Crippen LogP contribution < -0.4 is 29.6 Å². The van der Waals surface area contributed by atoms with Crippen LogP contribution in [0.1, 0.15) is 26.5 Å². The Hall–Kier alpha value is -0.930. The normalized spacial score (nSPS) is 12.6. The van der Waals surface area contributed by atoms with E-state index in [0.29, 0.717) is 17.6 Å². The average molecular weight is 347 g/mol. The Morgan fingerprint density at radius 3 is 2.65 bits per heavy atom. The Morgan fingerprint density at radius 2 is 2.09 bits per heavy atom. The number of carbonyl (C=O) groups excluding carboxylic acids is 1. The predicted molar refractivity (Wildman–Crippen MR) is 81.0 cm³/mol. The molecule has 1 amide bonds. The van der Waals surface area contributed by atoms with Crippen molar-refractivity contribution in [1.29, 1.82) is 0 Å². The fourth-order valence-corrected chi connectivity index (χ4v) is 2.24. The minimum Gasteiger partial charge on any atom is -0.767 e. The third-order valence-corrected chi connectivity index (χ3v) is 3.36. The van der Waals surface area contributed by atoms with Gasteiger partial charge in [0.1, 0.15) is 10.6 Å². The van der Waals surface area contributed by atoms with Gasteiger partial charge in [0.25, 0.3) is 0 Å². The van der Waals surface area contributed by atoms with Crippen molar-refractivity contribution in [2.24, 2.45) is 0 Å². The Morgan fingerprint density at radius 1 is 1.43 bits per heavy atom. The molecule has 0 fully saturated rings. The van der Waals surface area contributed by atoms with E-state index in [4.69, 9.17) is 4.74 Å². The van der Waals surface area contributed by atoms with E-state index in [1.165, 1.54) is 11.0 Å². The summed E-state index contributed by atoms with van der Waals surface area (Å²) in [5, 5.41) is -0.0152. The Kier molecular flexibility index (Phi) is 6.79. The standard InChI is InChI=1S/C14H19N3O4S.Na/c1-14(2,3)21-13(18)17(4)8-9-7-11-10(15-9)5-6-12(16-11)22(19)20;/h5-7,15H,8H2,1-4H3,(H,19,20);/q;+1/p-1.